The van der Waals surface area contributed by atoms with Crippen LogP contribution >= 0.6 is 0 Å². The number of hydrogen-bond donors (Lipinski definition) is 2. The van der Waals surface area contributed by atoms with E-state index in [0.717, 1.165) is 16.6 Å². The molecule has 0 radical (unpaired) electrons. The van der Waals surface area contributed by atoms with Gasteiger partial charge in [-0.15, -0.1) is 0 Å². The van der Waals surface area contributed by atoms with Crippen LogP contribution in [0.5, 0.6) is 0 Å². The molecule has 21 heavy (non-hydrogen) atoms. The van der Waals surface area contributed by atoms with Gasteiger partial charge in [0, 0.05) is 47.5 Å². The van der Waals surface area contributed by atoms with Crippen molar-refractivity contribution in [3.05, 3.63) is 36.0 Å². The van der Waals surface area contributed by atoms with Gasteiger partial charge in [0.25, 0.3) is 5.91 Å². The van der Waals surface area contributed by atoms with Gasteiger partial charge in [-0.1, -0.05) is 31.2 Å². The quantitative estimate of drug-likeness (QED) is 0.853. The average Bonchev–Trinajstić information content (AvgIpc) is 2.53. The number of amides is 1. The molecule has 0 fully saturated rings. The van der Waals surface area contributed by atoms with Crippen molar-refractivity contribution in [3.63, 3.8) is 0 Å². The molecule has 2 rings (SSSR count). The summed E-state index contributed by atoms with van der Waals surface area (Å²) in [4.78, 5) is 16.5. The molecule has 1 atom stereocenters. The van der Waals surface area contributed by atoms with Crippen LogP contribution in [0.15, 0.2) is 30.5 Å². The first-order chi connectivity index (χ1) is 10.2. The van der Waals surface area contributed by atoms with Crippen LogP contribution in [0.25, 0.3) is 10.8 Å². The first-order valence-electron chi connectivity index (χ1n) is 6.86. The lowest BCUT2D eigenvalue weighted by molar-refractivity contribution is 0.0957. The Morgan fingerprint density at radius 3 is 2.67 bits per heavy atom. The third-order valence-corrected chi connectivity index (χ3v) is 4.52. The summed E-state index contributed by atoms with van der Waals surface area (Å²) in [5.74, 6) is 1.64. The molecule has 1 unspecified atom stereocenters. The van der Waals surface area contributed by atoms with Crippen LogP contribution in [-0.2, 0) is 10.8 Å². The van der Waals surface area contributed by atoms with E-state index in [9.17, 15) is 9.00 Å². The second-order valence-corrected chi connectivity index (χ2v) is 6.37. The molecule has 1 heterocycles. The van der Waals surface area contributed by atoms with E-state index in [1.807, 2.05) is 31.2 Å². The fourth-order valence-corrected chi connectivity index (χ4v) is 2.71. The number of fused-ring (bicyclic) bond motifs is 1. The largest absolute Gasteiger partial charge is 0.373 e. The summed E-state index contributed by atoms with van der Waals surface area (Å²) >= 11 is 0. The summed E-state index contributed by atoms with van der Waals surface area (Å²) in [5.41, 5.74) is 0.534. The number of carbonyl (C=O) groups is 1. The topological polar surface area (TPSA) is 71.1 Å². The number of nitrogens with one attached hydrogen (secondary N) is 2. The normalized spacial score (nSPS) is 12.1. The SMILES string of the molecule is CCS(=O)CCNC(=O)c1cnc(NC)c2ccccc12. The highest BCUT2D eigenvalue weighted by molar-refractivity contribution is 7.84. The average molecular weight is 305 g/mol. The lowest BCUT2D eigenvalue weighted by Crippen LogP contribution is -2.28. The number of carbonyl (C=O) groups excluding carboxylic acids is 1. The van der Waals surface area contributed by atoms with E-state index in [1.54, 1.807) is 13.2 Å². The van der Waals surface area contributed by atoms with E-state index in [4.69, 9.17) is 0 Å². The Morgan fingerprint density at radius 2 is 2.00 bits per heavy atom. The Balaban J connectivity index is 2.22. The molecule has 0 aliphatic rings. The summed E-state index contributed by atoms with van der Waals surface area (Å²) in [7, 11) is 0.928. The molecule has 0 aliphatic carbocycles. The van der Waals surface area contributed by atoms with Crippen molar-refractivity contribution in [2.45, 2.75) is 6.92 Å². The van der Waals surface area contributed by atoms with Crippen molar-refractivity contribution in [2.24, 2.45) is 0 Å². The number of hydrogen-bond acceptors (Lipinski definition) is 4. The Labute approximate surface area is 126 Å². The Hall–Kier alpha value is -1.95. The molecule has 1 aromatic carbocycles. The van der Waals surface area contributed by atoms with Crippen LogP contribution in [0.1, 0.15) is 17.3 Å². The van der Waals surface area contributed by atoms with Crippen molar-refractivity contribution in [1.29, 1.82) is 0 Å². The molecule has 0 aliphatic heterocycles. The monoisotopic (exact) mass is 305 g/mol. The minimum atomic E-state index is -0.872. The van der Waals surface area contributed by atoms with Gasteiger partial charge in [-0.25, -0.2) is 4.98 Å². The smallest absolute Gasteiger partial charge is 0.253 e. The van der Waals surface area contributed by atoms with Gasteiger partial charge in [0.2, 0.25) is 0 Å². The Morgan fingerprint density at radius 1 is 1.29 bits per heavy atom. The van der Waals surface area contributed by atoms with Crippen LogP contribution in [0.4, 0.5) is 5.82 Å². The molecule has 0 spiro atoms. The van der Waals surface area contributed by atoms with E-state index in [0.29, 0.717) is 23.6 Å². The highest BCUT2D eigenvalue weighted by Crippen LogP contribution is 2.23. The molecule has 2 N–H and O–H groups in total. The summed E-state index contributed by atoms with van der Waals surface area (Å²) < 4.78 is 11.4. The van der Waals surface area contributed by atoms with Crippen LogP contribution < -0.4 is 10.6 Å². The second kappa shape index (κ2) is 7.17. The highest BCUT2D eigenvalue weighted by Gasteiger charge is 2.12. The van der Waals surface area contributed by atoms with Crippen LogP contribution in [-0.4, -0.2) is 40.2 Å². The molecule has 0 saturated carbocycles. The van der Waals surface area contributed by atoms with Crippen molar-refractivity contribution < 1.29 is 9.00 Å². The zero-order valence-electron chi connectivity index (χ0n) is 12.2. The molecular formula is C15H19N3O2S. The van der Waals surface area contributed by atoms with Crippen LogP contribution in [0.2, 0.25) is 0 Å². The summed E-state index contributed by atoms with van der Waals surface area (Å²) in [5, 5.41) is 7.58. The second-order valence-electron chi connectivity index (χ2n) is 4.50. The number of pyridine rings is 1. The minimum Gasteiger partial charge on any atom is -0.373 e. The van der Waals surface area contributed by atoms with E-state index in [1.165, 1.54) is 0 Å². The first-order valence-corrected chi connectivity index (χ1v) is 8.34. The molecule has 6 heteroatoms. The number of benzene rings is 1. The fourth-order valence-electron chi connectivity index (χ4n) is 2.09. The molecular weight excluding hydrogens is 286 g/mol. The van der Waals surface area contributed by atoms with Crippen LogP contribution in [0, 0.1) is 0 Å². The predicted molar refractivity (Wildman–Crippen MR) is 87.2 cm³/mol. The number of rotatable bonds is 6. The van der Waals surface area contributed by atoms with Crippen molar-refractivity contribution in [1.82, 2.24) is 10.3 Å². The maximum Gasteiger partial charge on any atom is 0.253 e. The minimum absolute atomic E-state index is 0.186. The van der Waals surface area contributed by atoms with E-state index < -0.39 is 10.8 Å². The van der Waals surface area contributed by atoms with Gasteiger partial charge in [-0.05, 0) is 5.39 Å². The van der Waals surface area contributed by atoms with E-state index in [-0.39, 0.29) is 5.91 Å². The van der Waals surface area contributed by atoms with Gasteiger partial charge < -0.3 is 10.6 Å². The summed E-state index contributed by atoms with van der Waals surface area (Å²) in [6.45, 7) is 2.27. The lowest BCUT2D eigenvalue weighted by Gasteiger charge is -2.10. The Kier molecular flexibility index (Phi) is 5.27. The predicted octanol–water partition coefficient (Wildman–Crippen LogP) is 1.77. The first kappa shape index (κ1) is 15.4. The zero-order valence-corrected chi connectivity index (χ0v) is 13.0. The van der Waals surface area contributed by atoms with E-state index in [2.05, 4.69) is 15.6 Å². The summed E-state index contributed by atoms with van der Waals surface area (Å²) in [6.07, 6.45) is 1.57. The van der Waals surface area contributed by atoms with Gasteiger partial charge in [-0.2, -0.15) is 0 Å². The van der Waals surface area contributed by atoms with Gasteiger partial charge in [0.1, 0.15) is 5.82 Å². The van der Waals surface area contributed by atoms with Crippen LogP contribution in [0.3, 0.4) is 0 Å². The molecule has 112 valence electrons. The number of aromatic nitrogens is 1. The van der Waals surface area contributed by atoms with Crippen molar-refractivity contribution in [3.8, 4) is 0 Å². The Bertz CT molecular complexity index is 673. The third kappa shape index (κ3) is 3.58. The van der Waals surface area contributed by atoms with Gasteiger partial charge >= 0.3 is 0 Å². The highest BCUT2D eigenvalue weighted by atomic mass is 32.2. The zero-order chi connectivity index (χ0) is 15.2. The number of anilines is 1. The molecule has 1 aromatic heterocycles. The standard InChI is InChI=1S/C15H19N3O2S/c1-3-21(20)9-8-17-15(19)13-10-18-14(16-2)12-7-5-4-6-11(12)13/h4-7,10H,3,8-9H2,1-2H3,(H,16,18)(H,17,19). The molecule has 2 aromatic rings. The van der Waals surface area contributed by atoms with Crippen molar-refractivity contribution in [2.75, 3.05) is 30.4 Å². The van der Waals surface area contributed by atoms with Gasteiger partial charge in [0.05, 0.1) is 5.56 Å². The maximum atomic E-state index is 12.3. The summed E-state index contributed by atoms with van der Waals surface area (Å²) in [6, 6.07) is 7.63. The van der Waals surface area contributed by atoms with Crippen molar-refractivity contribution >= 4 is 33.3 Å². The van der Waals surface area contributed by atoms with E-state index >= 15 is 0 Å². The molecule has 0 bridgehead atoms. The molecule has 5 nitrogen and oxygen atoms in total. The maximum absolute atomic E-state index is 12.3. The van der Waals surface area contributed by atoms with Gasteiger partial charge in [0.15, 0.2) is 0 Å². The lowest BCUT2D eigenvalue weighted by atomic mass is 10.1. The fraction of sp³-hybridized carbons (Fsp3) is 0.333. The third-order valence-electron chi connectivity index (χ3n) is 3.21. The molecule has 0 saturated heterocycles. The number of nitrogens with zero attached hydrogens (tertiary/aromatic N) is 1. The van der Waals surface area contributed by atoms with Gasteiger partial charge in [-0.3, -0.25) is 9.00 Å². The molecule has 1 amide bonds.